The highest BCUT2D eigenvalue weighted by molar-refractivity contribution is 6.02. The lowest BCUT2D eigenvalue weighted by atomic mass is 9.98. The number of Topliss-reactive ketones (excluding diaryl/α,β-unsaturated/α-hetero) is 1. The average Bonchev–Trinajstić information content (AvgIpc) is 2.48. The first kappa shape index (κ1) is 7.59. The molecule has 0 aliphatic heterocycles. The van der Waals surface area contributed by atoms with E-state index in [1.54, 1.807) is 7.11 Å². The van der Waals surface area contributed by atoms with E-state index in [1.165, 1.54) is 5.57 Å². The summed E-state index contributed by atoms with van der Waals surface area (Å²) in [6.45, 7) is 0. The summed E-state index contributed by atoms with van der Waals surface area (Å²) in [5.41, 5.74) is 2.18. The molecule has 2 heteroatoms. The van der Waals surface area contributed by atoms with Gasteiger partial charge in [0.2, 0.25) is 0 Å². The minimum absolute atomic E-state index is 0.262. The lowest BCUT2D eigenvalue weighted by Crippen LogP contribution is -2.05. The Hall–Kier alpha value is -1.05. The van der Waals surface area contributed by atoms with Gasteiger partial charge < -0.3 is 4.74 Å². The van der Waals surface area contributed by atoms with E-state index in [0.717, 1.165) is 30.6 Å². The van der Waals surface area contributed by atoms with Crippen LogP contribution in [0.2, 0.25) is 0 Å². The molecule has 0 saturated heterocycles. The zero-order valence-corrected chi connectivity index (χ0v) is 7.22. The molecule has 0 unspecified atom stereocenters. The second-order valence-electron chi connectivity index (χ2n) is 3.21. The zero-order chi connectivity index (χ0) is 8.55. The van der Waals surface area contributed by atoms with E-state index >= 15 is 0 Å². The van der Waals surface area contributed by atoms with E-state index in [4.69, 9.17) is 4.74 Å². The molecule has 64 valence electrons. The zero-order valence-electron chi connectivity index (χ0n) is 7.22. The Balaban J connectivity index is 2.38. The Morgan fingerprint density at radius 3 is 2.92 bits per heavy atom. The second kappa shape index (κ2) is 2.77. The van der Waals surface area contributed by atoms with Crippen LogP contribution < -0.4 is 0 Å². The van der Waals surface area contributed by atoms with Crippen molar-refractivity contribution in [2.24, 2.45) is 0 Å². The molecule has 0 spiro atoms. The summed E-state index contributed by atoms with van der Waals surface area (Å²) in [4.78, 5) is 11.4. The number of hydrogen-bond donors (Lipinski definition) is 0. The van der Waals surface area contributed by atoms with Gasteiger partial charge in [-0.15, -0.1) is 0 Å². The third-order valence-electron chi connectivity index (χ3n) is 2.53. The van der Waals surface area contributed by atoms with Gasteiger partial charge in [-0.1, -0.05) is 5.57 Å². The van der Waals surface area contributed by atoms with Crippen molar-refractivity contribution in [1.29, 1.82) is 0 Å². The number of carbonyl (C=O) groups is 1. The lowest BCUT2D eigenvalue weighted by Gasteiger charge is -2.13. The highest BCUT2D eigenvalue weighted by Gasteiger charge is 2.28. The Morgan fingerprint density at radius 1 is 1.33 bits per heavy atom. The van der Waals surface area contributed by atoms with Gasteiger partial charge in [-0.25, -0.2) is 0 Å². The van der Waals surface area contributed by atoms with Crippen molar-refractivity contribution in [2.45, 2.75) is 25.7 Å². The van der Waals surface area contributed by atoms with Crippen LogP contribution in [0.3, 0.4) is 0 Å². The number of methoxy groups -OCH3 is 1. The Bertz CT molecular complexity index is 280. The Labute approximate surface area is 71.9 Å². The predicted molar refractivity (Wildman–Crippen MR) is 45.6 cm³/mol. The first-order valence-electron chi connectivity index (χ1n) is 4.32. The molecule has 0 radical (unpaired) electrons. The standard InChI is InChI=1S/C10H12O2/c1-12-9-4-2-3-7-5-6-8(11)10(7)9/h4H,2-3,5-6H2,1H3. The van der Waals surface area contributed by atoms with Gasteiger partial charge in [-0.05, 0) is 25.3 Å². The van der Waals surface area contributed by atoms with E-state index in [2.05, 4.69) is 0 Å². The second-order valence-corrected chi connectivity index (χ2v) is 3.21. The van der Waals surface area contributed by atoms with Gasteiger partial charge in [0.1, 0.15) is 5.76 Å². The maximum Gasteiger partial charge on any atom is 0.166 e. The quantitative estimate of drug-likeness (QED) is 0.592. The third-order valence-corrected chi connectivity index (χ3v) is 2.53. The monoisotopic (exact) mass is 164 g/mol. The molecule has 2 rings (SSSR count). The lowest BCUT2D eigenvalue weighted by molar-refractivity contribution is -0.114. The van der Waals surface area contributed by atoms with Crippen LogP contribution in [0, 0.1) is 0 Å². The van der Waals surface area contributed by atoms with Gasteiger partial charge in [-0.3, -0.25) is 4.79 Å². The molecule has 2 aliphatic carbocycles. The number of ether oxygens (including phenoxy) is 1. The van der Waals surface area contributed by atoms with E-state index in [9.17, 15) is 4.79 Å². The molecule has 2 nitrogen and oxygen atoms in total. The molecule has 0 aromatic rings. The van der Waals surface area contributed by atoms with Crippen molar-refractivity contribution in [1.82, 2.24) is 0 Å². The van der Waals surface area contributed by atoms with Crippen LogP contribution in [0.15, 0.2) is 23.0 Å². The molecular weight excluding hydrogens is 152 g/mol. The van der Waals surface area contributed by atoms with Crippen LogP contribution in [-0.4, -0.2) is 12.9 Å². The molecule has 0 aromatic carbocycles. The van der Waals surface area contributed by atoms with E-state index < -0.39 is 0 Å². The molecule has 2 aliphatic rings. The van der Waals surface area contributed by atoms with Crippen LogP contribution in [0.4, 0.5) is 0 Å². The van der Waals surface area contributed by atoms with Crippen molar-refractivity contribution in [3.63, 3.8) is 0 Å². The summed E-state index contributed by atoms with van der Waals surface area (Å²) in [5, 5.41) is 0. The Morgan fingerprint density at radius 2 is 2.17 bits per heavy atom. The van der Waals surface area contributed by atoms with Crippen molar-refractivity contribution < 1.29 is 9.53 Å². The molecule has 12 heavy (non-hydrogen) atoms. The highest BCUT2D eigenvalue weighted by Crippen LogP contribution is 2.35. The summed E-state index contributed by atoms with van der Waals surface area (Å²) in [5.74, 6) is 1.07. The first-order chi connectivity index (χ1) is 5.83. The molecule has 0 heterocycles. The van der Waals surface area contributed by atoms with Crippen LogP contribution in [0.5, 0.6) is 0 Å². The van der Waals surface area contributed by atoms with Gasteiger partial charge in [0, 0.05) is 6.42 Å². The molecule has 0 N–H and O–H groups in total. The maximum atomic E-state index is 11.4. The minimum Gasteiger partial charge on any atom is -0.496 e. The van der Waals surface area contributed by atoms with Gasteiger partial charge in [0.05, 0.1) is 12.7 Å². The summed E-state index contributed by atoms with van der Waals surface area (Å²) in [6, 6.07) is 0. The molecule has 0 saturated carbocycles. The minimum atomic E-state index is 0.262. The van der Waals surface area contributed by atoms with E-state index in [1.807, 2.05) is 6.08 Å². The van der Waals surface area contributed by atoms with Crippen molar-refractivity contribution in [3.05, 3.63) is 23.0 Å². The number of carbonyl (C=O) groups excluding carboxylic acids is 1. The van der Waals surface area contributed by atoms with Crippen LogP contribution >= 0.6 is 0 Å². The van der Waals surface area contributed by atoms with Crippen molar-refractivity contribution >= 4 is 5.78 Å². The molecule has 0 aromatic heterocycles. The summed E-state index contributed by atoms with van der Waals surface area (Å²) in [7, 11) is 1.63. The van der Waals surface area contributed by atoms with Crippen LogP contribution in [0.25, 0.3) is 0 Å². The molecule has 0 fully saturated rings. The smallest absolute Gasteiger partial charge is 0.166 e. The van der Waals surface area contributed by atoms with Gasteiger partial charge in [-0.2, -0.15) is 0 Å². The summed E-state index contributed by atoms with van der Waals surface area (Å²) in [6.07, 6.45) is 5.73. The van der Waals surface area contributed by atoms with Gasteiger partial charge in [0.15, 0.2) is 5.78 Å². The molecular formula is C10H12O2. The fourth-order valence-corrected chi connectivity index (χ4v) is 1.94. The number of hydrogen-bond acceptors (Lipinski definition) is 2. The third kappa shape index (κ3) is 0.986. The fraction of sp³-hybridized carbons (Fsp3) is 0.500. The number of allylic oxidation sites excluding steroid dienone is 3. The van der Waals surface area contributed by atoms with E-state index in [-0.39, 0.29) is 5.78 Å². The van der Waals surface area contributed by atoms with Gasteiger partial charge >= 0.3 is 0 Å². The Kier molecular flexibility index (Phi) is 1.75. The number of rotatable bonds is 1. The largest absolute Gasteiger partial charge is 0.496 e. The van der Waals surface area contributed by atoms with Gasteiger partial charge in [0.25, 0.3) is 0 Å². The average molecular weight is 164 g/mol. The topological polar surface area (TPSA) is 26.3 Å². The maximum absolute atomic E-state index is 11.4. The normalized spacial score (nSPS) is 22.4. The first-order valence-corrected chi connectivity index (χ1v) is 4.32. The summed E-state index contributed by atoms with van der Waals surface area (Å²) < 4.78 is 5.16. The van der Waals surface area contributed by atoms with Crippen molar-refractivity contribution in [2.75, 3.05) is 7.11 Å². The summed E-state index contributed by atoms with van der Waals surface area (Å²) >= 11 is 0. The van der Waals surface area contributed by atoms with E-state index in [0.29, 0.717) is 6.42 Å². The van der Waals surface area contributed by atoms with Crippen LogP contribution in [-0.2, 0) is 9.53 Å². The fourth-order valence-electron chi connectivity index (χ4n) is 1.94. The molecule has 0 amide bonds. The SMILES string of the molecule is COC1=CCCC2=C1C(=O)CC2. The highest BCUT2D eigenvalue weighted by atomic mass is 16.5. The molecule has 0 bridgehead atoms. The number of ketones is 1. The molecule has 0 atom stereocenters. The predicted octanol–water partition coefficient (Wildman–Crippen LogP) is 1.97. The van der Waals surface area contributed by atoms with Crippen molar-refractivity contribution in [3.8, 4) is 0 Å². The van der Waals surface area contributed by atoms with Crippen LogP contribution in [0.1, 0.15) is 25.7 Å².